The first-order chi connectivity index (χ1) is 9.97. The van der Waals surface area contributed by atoms with Gasteiger partial charge in [-0.05, 0) is 25.8 Å². The molecule has 2 atom stereocenters. The zero-order chi connectivity index (χ0) is 15.5. The third-order valence-corrected chi connectivity index (χ3v) is 4.29. The van der Waals surface area contributed by atoms with Crippen molar-refractivity contribution in [2.45, 2.75) is 52.7 Å². The Bertz CT molecular complexity index is 474. The third kappa shape index (κ3) is 3.62. The molecule has 1 saturated carbocycles. The van der Waals surface area contributed by atoms with Gasteiger partial charge >= 0.3 is 0 Å². The molecule has 0 spiro atoms. The van der Waals surface area contributed by atoms with Crippen LogP contribution in [0.1, 0.15) is 40.5 Å². The fraction of sp³-hybridized carbons (Fsp3) is 0.647. The summed E-state index contributed by atoms with van der Waals surface area (Å²) in [4.78, 5) is 0. The zero-order valence-electron chi connectivity index (χ0n) is 13.6. The van der Waals surface area contributed by atoms with Crippen molar-refractivity contribution in [1.82, 2.24) is 0 Å². The van der Waals surface area contributed by atoms with Crippen molar-refractivity contribution < 1.29 is 9.47 Å². The van der Waals surface area contributed by atoms with E-state index in [0.29, 0.717) is 18.8 Å². The second kappa shape index (κ2) is 6.56. The Morgan fingerprint density at radius 3 is 2.67 bits per heavy atom. The average molecular weight is 292 g/mol. The van der Waals surface area contributed by atoms with Crippen LogP contribution in [0.15, 0.2) is 18.2 Å². The first-order valence-electron chi connectivity index (χ1n) is 7.88. The van der Waals surface area contributed by atoms with E-state index in [4.69, 9.17) is 15.2 Å². The first-order valence-corrected chi connectivity index (χ1v) is 7.88. The zero-order valence-corrected chi connectivity index (χ0v) is 13.6. The van der Waals surface area contributed by atoms with Crippen molar-refractivity contribution >= 4 is 11.4 Å². The van der Waals surface area contributed by atoms with E-state index in [9.17, 15) is 0 Å². The molecule has 0 radical (unpaired) electrons. The fourth-order valence-corrected chi connectivity index (χ4v) is 2.82. The summed E-state index contributed by atoms with van der Waals surface area (Å²) in [5.41, 5.74) is 7.84. The molecule has 1 aromatic rings. The smallest absolute Gasteiger partial charge is 0.123 e. The highest BCUT2D eigenvalue weighted by Crippen LogP contribution is 2.44. The molecule has 0 aliphatic heterocycles. The van der Waals surface area contributed by atoms with Crippen LogP contribution >= 0.6 is 0 Å². The molecule has 118 valence electrons. The van der Waals surface area contributed by atoms with Crippen molar-refractivity contribution in [1.29, 1.82) is 0 Å². The highest BCUT2D eigenvalue weighted by molar-refractivity contribution is 5.60. The van der Waals surface area contributed by atoms with Gasteiger partial charge in [0.25, 0.3) is 0 Å². The summed E-state index contributed by atoms with van der Waals surface area (Å²) in [5.74, 6) is 0.831. The first kappa shape index (κ1) is 16.0. The van der Waals surface area contributed by atoms with E-state index in [2.05, 4.69) is 26.1 Å². The maximum Gasteiger partial charge on any atom is 0.123 e. The summed E-state index contributed by atoms with van der Waals surface area (Å²) in [6.07, 6.45) is 2.35. The van der Waals surface area contributed by atoms with E-state index in [-0.39, 0.29) is 5.41 Å². The molecule has 1 aromatic carbocycles. The predicted molar refractivity (Wildman–Crippen MR) is 87.9 cm³/mol. The second-order valence-electron chi connectivity index (χ2n) is 6.34. The summed E-state index contributed by atoms with van der Waals surface area (Å²) in [7, 11) is 0. The van der Waals surface area contributed by atoms with Gasteiger partial charge in [-0.3, -0.25) is 0 Å². The van der Waals surface area contributed by atoms with Gasteiger partial charge < -0.3 is 20.5 Å². The molecule has 4 heteroatoms. The monoisotopic (exact) mass is 292 g/mol. The number of nitrogens with two attached hydrogens (primary N) is 1. The minimum atomic E-state index is 0.130. The van der Waals surface area contributed by atoms with Gasteiger partial charge in [0.15, 0.2) is 0 Å². The van der Waals surface area contributed by atoms with Crippen molar-refractivity contribution in [3.8, 4) is 5.75 Å². The lowest BCUT2D eigenvalue weighted by molar-refractivity contribution is -0.0975. The Labute approximate surface area is 128 Å². The van der Waals surface area contributed by atoms with Gasteiger partial charge in [0, 0.05) is 41.6 Å². The Balaban J connectivity index is 2.02. The molecule has 3 N–H and O–H groups in total. The van der Waals surface area contributed by atoms with Crippen molar-refractivity contribution in [3.05, 3.63) is 18.2 Å². The molecule has 1 fully saturated rings. The van der Waals surface area contributed by atoms with E-state index in [1.807, 2.05) is 25.1 Å². The van der Waals surface area contributed by atoms with Gasteiger partial charge in [-0.2, -0.15) is 0 Å². The van der Waals surface area contributed by atoms with Crippen LogP contribution < -0.4 is 15.8 Å². The number of nitrogens with one attached hydrogen (secondary N) is 1. The van der Waals surface area contributed by atoms with Crippen LogP contribution in [-0.4, -0.2) is 25.4 Å². The van der Waals surface area contributed by atoms with Crippen LogP contribution in [0.25, 0.3) is 0 Å². The number of ether oxygens (including phenoxy) is 2. The SMILES string of the molecule is CCCOc1cc(N)cc(NC2CC(OCC)C2(C)C)c1. The molecule has 1 aliphatic carbocycles. The van der Waals surface area contributed by atoms with Gasteiger partial charge in [0.05, 0.1) is 12.7 Å². The standard InChI is InChI=1S/C17H28N2O2/c1-5-7-21-14-9-12(18)8-13(10-14)19-15-11-16(20-6-2)17(15,3)4/h8-10,15-16,19H,5-7,11,18H2,1-4H3. The molecule has 0 amide bonds. The third-order valence-electron chi connectivity index (χ3n) is 4.29. The second-order valence-corrected chi connectivity index (χ2v) is 6.34. The van der Waals surface area contributed by atoms with Gasteiger partial charge in [-0.1, -0.05) is 20.8 Å². The van der Waals surface area contributed by atoms with Crippen molar-refractivity contribution in [2.75, 3.05) is 24.3 Å². The number of nitrogen functional groups attached to an aromatic ring is 1. The molecule has 4 nitrogen and oxygen atoms in total. The highest BCUT2D eigenvalue weighted by atomic mass is 16.5. The van der Waals surface area contributed by atoms with E-state index in [1.165, 1.54) is 0 Å². The minimum absolute atomic E-state index is 0.130. The van der Waals surface area contributed by atoms with E-state index < -0.39 is 0 Å². The average Bonchev–Trinajstić information content (AvgIpc) is 2.43. The molecule has 1 aliphatic rings. The maximum atomic E-state index is 5.96. The number of hydrogen-bond acceptors (Lipinski definition) is 4. The van der Waals surface area contributed by atoms with E-state index in [0.717, 1.165) is 36.6 Å². The van der Waals surface area contributed by atoms with Crippen LogP contribution in [-0.2, 0) is 4.74 Å². The highest BCUT2D eigenvalue weighted by Gasteiger charge is 2.48. The Kier molecular flexibility index (Phi) is 4.99. The molecule has 2 rings (SSSR count). The number of anilines is 2. The predicted octanol–water partition coefficient (Wildman–Crippen LogP) is 3.67. The topological polar surface area (TPSA) is 56.5 Å². The van der Waals surface area contributed by atoms with Crippen LogP contribution in [0, 0.1) is 5.41 Å². The lowest BCUT2D eigenvalue weighted by Crippen LogP contribution is -2.58. The van der Waals surface area contributed by atoms with Gasteiger partial charge in [-0.25, -0.2) is 0 Å². The largest absolute Gasteiger partial charge is 0.493 e. The lowest BCUT2D eigenvalue weighted by Gasteiger charge is -2.52. The van der Waals surface area contributed by atoms with E-state index >= 15 is 0 Å². The van der Waals surface area contributed by atoms with Gasteiger partial charge in [0.2, 0.25) is 0 Å². The maximum absolute atomic E-state index is 5.96. The molecule has 21 heavy (non-hydrogen) atoms. The molecular formula is C17H28N2O2. The summed E-state index contributed by atoms with van der Waals surface area (Å²) in [6.45, 7) is 10.1. The summed E-state index contributed by atoms with van der Waals surface area (Å²) >= 11 is 0. The van der Waals surface area contributed by atoms with Crippen LogP contribution in [0.3, 0.4) is 0 Å². The Morgan fingerprint density at radius 1 is 1.29 bits per heavy atom. The molecule has 0 aromatic heterocycles. The Morgan fingerprint density at radius 2 is 2.05 bits per heavy atom. The minimum Gasteiger partial charge on any atom is -0.493 e. The Hall–Kier alpha value is -1.42. The number of benzene rings is 1. The molecular weight excluding hydrogens is 264 g/mol. The van der Waals surface area contributed by atoms with Gasteiger partial charge in [-0.15, -0.1) is 0 Å². The van der Waals surface area contributed by atoms with Gasteiger partial charge in [0.1, 0.15) is 5.75 Å². The summed E-state index contributed by atoms with van der Waals surface area (Å²) < 4.78 is 11.4. The van der Waals surface area contributed by atoms with Crippen LogP contribution in [0.2, 0.25) is 0 Å². The fourth-order valence-electron chi connectivity index (χ4n) is 2.82. The van der Waals surface area contributed by atoms with Crippen LogP contribution in [0.5, 0.6) is 5.75 Å². The van der Waals surface area contributed by atoms with Crippen LogP contribution in [0.4, 0.5) is 11.4 Å². The quantitative estimate of drug-likeness (QED) is 0.753. The molecule has 0 heterocycles. The normalized spacial score (nSPS) is 23.4. The lowest BCUT2D eigenvalue weighted by atomic mass is 9.64. The summed E-state index contributed by atoms with van der Waals surface area (Å²) in [6, 6.07) is 6.25. The summed E-state index contributed by atoms with van der Waals surface area (Å²) in [5, 5.41) is 3.57. The number of hydrogen-bond donors (Lipinski definition) is 2. The molecule has 0 saturated heterocycles. The van der Waals surface area contributed by atoms with Crippen molar-refractivity contribution in [3.63, 3.8) is 0 Å². The number of rotatable bonds is 7. The molecule has 0 bridgehead atoms. The van der Waals surface area contributed by atoms with E-state index in [1.54, 1.807) is 0 Å². The molecule has 2 unspecified atom stereocenters. The van der Waals surface area contributed by atoms with Crippen molar-refractivity contribution in [2.24, 2.45) is 5.41 Å².